The van der Waals surface area contributed by atoms with Gasteiger partial charge in [-0.05, 0) is 5.92 Å². The molecule has 3 aliphatic heterocycles. The summed E-state index contributed by atoms with van der Waals surface area (Å²) in [6, 6.07) is 0.343. The monoisotopic (exact) mass is 167 g/mol. The Labute approximate surface area is 74.0 Å². The van der Waals surface area contributed by atoms with Crippen molar-refractivity contribution in [3.05, 3.63) is 17.9 Å². The Bertz CT molecular complexity index is 182. The highest BCUT2D eigenvalue weighted by Crippen LogP contribution is 2.38. The number of hydroxylamine groups is 3. The van der Waals surface area contributed by atoms with E-state index in [1.165, 1.54) is 0 Å². The highest BCUT2D eigenvalue weighted by molar-refractivity contribution is 4.84. The molecule has 0 N–H and O–H groups in total. The summed E-state index contributed by atoms with van der Waals surface area (Å²) in [6.45, 7) is 5.45. The molecule has 3 aliphatic rings. The Balaban J connectivity index is 2.09. The second-order valence-corrected chi connectivity index (χ2v) is 4.26. The van der Waals surface area contributed by atoms with Crippen LogP contribution in [0.15, 0.2) is 12.7 Å². The van der Waals surface area contributed by atoms with Crippen molar-refractivity contribution in [2.24, 2.45) is 5.92 Å². The van der Waals surface area contributed by atoms with Crippen LogP contribution in [0.5, 0.6) is 0 Å². The number of piperidine rings is 3. The first-order valence-corrected chi connectivity index (χ1v) is 4.93. The summed E-state index contributed by atoms with van der Waals surface area (Å²) < 4.78 is 0.0858. The molecular formula is C10H17NO. The number of hydrogen-bond acceptors (Lipinski definition) is 1. The Hall–Kier alpha value is -0.340. The van der Waals surface area contributed by atoms with E-state index in [-0.39, 0.29) is 4.65 Å². The van der Waals surface area contributed by atoms with Gasteiger partial charge in [-0.25, -0.2) is 0 Å². The maximum Gasteiger partial charge on any atom is 0.0925 e. The molecule has 0 spiro atoms. The number of hydrogen-bond donors (Lipinski definition) is 0. The molecular weight excluding hydrogens is 150 g/mol. The van der Waals surface area contributed by atoms with E-state index in [1.54, 1.807) is 0 Å². The van der Waals surface area contributed by atoms with Crippen LogP contribution in [0.3, 0.4) is 0 Å². The molecule has 0 aromatic rings. The van der Waals surface area contributed by atoms with Crippen LogP contribution in [0, 0.1) is 11.1 Å². The van der Waals surface area contributed by atoms with Gasteiger partial charge in [-0.1, -0.05) is 6.08 Å². The summed E-state index contributed by atoms with van der Waals surface area (Å²) in [4.78, 5) is 0. The van der Waals surface area contributed by atoms with Gasteiger partial charge in [0, 0.05) is 25.7 Å². The average molecular weight is 167 g/mol. The van der Waals surface area contributed by atoms with Gasteiger partial charge in [-0.15, -0.1) is 6.58 Å². The minimum atomic E-state index is 0.0858. The number of quaternary nitrogens is 1. The van der Waals surface area contributed by atoms with Gasteiger partial charge < -0.3 is 9.85 Å². The third-order valence-corrected chi connectivity index (χ3v) is 3.54. The topological polar surface area (TPSA) is 23.1 Å². The lowest BCUT2D eigenvalue weighted by Crippen LogP contribution is -2.60. The van der Waals surface area contributed by atoms with Gasteiger partial charge in [-0.2, -0.15) is 0 Å². The lowest BCUT2D eigenvalue weighted by atomic mass is 9.81. The summed E-state index contributed by atoms with van der Waals surface area (Å²) in [6.07, 6.45) is 6.30. The predicted molar refractivity (Wildman–Crippen MR) is 49.3 cm³/mol. The first-order chi connectivity index (χ1) is 5.74. The van der Waals surface area contributed by atoms with Gasteiger partial charge >= 0.3 is 0 Å². The molecule has 0 saturated carbocycles. The molecule has 2 heteroatoms. The van der Waals surface area contributed by atoms with Crippen molar-refractivity contribution in [1.82, 2.24) is 0 Å². The fourth-order valence-corrected chi connectivity index (χ4v) is 2.72. The molecule has 0 aromatic carbocycles. The van der Waals surface area contributed by atoms with Crippen molar-refractivity contribution >= 4 is 0 Å². The van der Waals surface area contributed by atoms with Crippen LogP contribution in [0.25, 0.3) is 0 Å². The second-order valence-electron chi connectivity index (χ2n) is 4.26. The van der Waals surface area contributed by atoms with Crippen molar-refractivity contribution in [2.45, 2.75) is 31.7 Å². The molecule has 0 radical (unpaired) electrons. The highest BCUT2D eigenvalue weighted by Gasteiger charge is 2.40. The lowest BCUT2D eigenvalue weighted by molar-refractivity contribution is -0.921. The smallest absolute Gasteiger partial charge is 0.0925 e. The van der Waals surface area contributed by atoms with Gasteiger partial charge in [-0.3, -0.25) is 0 Å². The van der Waals surface area contributed by atoms with Gasteiger partial charge in [0.05, 0.1) is 19.1 Å². The summed E-state index contributed by atoms with van der Waals surface area (Å²) in [7, 11) is 0. The third-order valence-electron chi connectivity index (χ3n) is 3.54. The maximum absolute atomic E-state index is 12.1. The largest absolute Gasteiger partial charge is 0.633 e. The molecule has 0 amide bonds. The zero-order chi connectivity index (χ0) is 8.60. The standard InChI is InChI=1S/C10H17NO/c1-2-3-10-8-9-4-6-11(10,12)7-5-9/h2,9-10H,1,3-8H2. The zero-order valence-electron chi connectivity index (χ0n) is 7.54. The zero-order valence-corrected chi connectivity index (χ0v) is 7.54. The third kappa shape index (κ3) is 1.19. The van der Waals surface area contributed by atoms with Gasteiger partial charge in [0.1, 0.15) is 0 Å². The molecule has 3 rings (SSSR count). The molecule has 2 bridgehead atoms. The van der Waals surface area contributed by atoms with E-state index in [1.807, 2.05) is 6.08 Å². The van der Waals surface area contributed by atoms with E-state index < -0.39 is 0 Å². The summed E-state index contributed by atoms with van der Waals surface area (Å²) in [5, 5.41) is 12.1. The second kappa shape index (κ2) is 2.86. The normalized spacial score (nSPS) is 46.1. The van der Waals surface area contributed by atoms with E-state index in [0.717, 1.165) is 44.7 Å². The minimum Gasteiger partial charge on any atom is -0.633 e. The quantitative estimate of drug-likeness (QED) is 0.351. The molecule has 2 nitrogen and oxygen atoms in total. The van der Waals surface area contributed by atoms with Crippen molar-refractivity contribution in [3.8, 4) is 0 Å². The lowest BCUT2D eigenvalue weighted by Gasteiger charge is -2.57. The molecule has 0 aliphatic carbocycles. The molecule has 0 aromatic heterocycles. The highest BCUT2D eigenvalue weighted by atomic mass is 16.5. The number of nitrogens with zero attached hydrogens (tertiary/aromatic N) is 1. The van der Waals surface area contributed by atoms with Crippen LogP contribution in [-0.4, -0.2) is 23.8 Å². The van der Waals surface area contributed by atoms with Crippen molar-refractivity contribution in [1.29, 1.82) is 0 Å². The Morgan fingerprint density at radius 3 is 2.58 bits per heavy atom. The molecule has 68 valence electrons. The number of fused-ring (bicyclic) bond motifs is 3. The molecule has 1 atom stereocenters. The molecule has 3 fully saturated rings. The van der Waals surface area contributed by atoms with Crippen LogP contribution < -0.4 is 0 Å². The first kappa shape index (κ1) is 8.27. The molecule has 12 heavy (non-hydrogen) atoms. The first-order valence-electron chi connectivity index (χ1n) is 4.93. The predicted octanol–water partition coefficient (Wildman–Crippen LogP) is 2.06. The summed E-state index contributed by atoms with van der Waals surface area (Å²) in [5.74, 6) is 0.851. The van der Waals surface area contributed by atoms with Gasteiger partial charge in [0.2, 0.25) is 0 Å². The van der Waals surface area contributed by atoms with E-state index in [2.05, 4.69) is 6.58 Å². The maximum atomic E-state index is 12.1. The van der Waals surface area contributed by atoms with Crippen LogP contribution in [0.4, 0.5) is 0 Å². The van der Waals surface area contributed by atoms with Crippen molar-refractivity contribution < 1.29 is 4.65 Å². The molecule has 3 saturated heterocycles. The Morgan fingerprint density at radius 2 is 2.08 bits per heavy atom. The van der Waals surface area contributed by atoms with Crippen molar-refractivity contribution in [2.75, 3.05) is 13.1 Å². The van der Waals surface area contributed by atoms with E-state index in [4.69, 9.17) is 0 Å². The Kier molecular flexibility index (Phi) is 1.97. The molecule has 3 heterocycles. The summed E-state index contributed by atoms with van der Waals surface area (Å²) >= 11 is 0. The van der Waals surface area contributed by atoms with Gasteiger partial charge in [0.15, 0.2) is 0 Å². The van der Waals surface area contributed by atoms with Crippen LogP contribution in [0.2, 0.25) is 0 Å². The van der Waals surface area contributed by atoms with Crippen molar-refractivity contribution in [3.63, 3.8) is 0 Å². The average Bonchev–Trinajstić information content (AvgIpc) is 2.08. The van der Waals surface area contributed by atoms with E-state index >= 15 is 0 Å². The van der Waals surface area contributed by atoms with Gasteiger partial charge in [0.25, 0.3) is 0 Å². The SMILES string of the molecule is C=CCC1CC2CC[N+]1([O-])CC2. The minimum absolute atomic E-state index is 0.0858. The van der Waals surface area contributed by atoms with Crippen LogP contribution in [0.1, 0.15) is 25.7 Å². The van der Waals surface area contributed by atoms with E-state index in [9.17, 15) is 5.21 Å². The summed E-state index contributed by atoms with van der Waals surface area (Å²) in [5.41, 5.74) is 0. The van der Waals surface area contributed by atoms with Crippen LogP contribution >= 0.6 is 0 Å². The number of rotatable bonds is 2. The fourth-order valence-electron chi connectivity index (χ4n) is 2.72. The van der Waals surface area contributed by atoms with Crippen LogP contribution in [-0.2, 0) is 0 Å². The Morgan fingerprint density at radius 1 is 1.42 bits per heavy atom. The fraction of sp³-hybridized carbons (Fsp3) is 0.800. The van der Waals surface area contributed by atoms with E-state index in [0.29, 0.717) is 6.04 Å². The molecule has 1 unspecified atom stereocenters.